The number of hydrogen-bond acceptors (Lipinski definition) is 4. The summed E-state index contributed by atoms with van der Waals surface area (Å²) < 4.78 is 1.82. The van der Waals surface area contributed by atoms with Crippen LogP contribution in [0.3, 0.4) is 0 Å². The summed E-state index contributed by atoms with van der Waals surface area (Å²) >= 11 is 0. The van der Waals surface area contributed by atoms with E-state index >= 15 is 0 Å². The van der Waals surface area contributed by atoms with E-state index in [2.05, 4.69) is 28.4 Å². The van der Waals surface area contributed by atoms with E-state index in [0.717, 1.165) is 43.9 Å². The SMILES string of the molecule is CCCn1ncnc1CC(=O)c1ccc2c(c1)CNCC2. The Labute approximate surface area is 124 Å². The van der Waals surface area contributed by atoms with Crippen LogP contribution in [-0.4, -0.2) is 27.1 Å². The molecule has 0 spiro atoms. The first kappa shape index (κ1) is 13.9. The highest BCUT2D eigenvalue weighted by atomic mass is 16.1. The quantitative estimate of drug-likeness (QED) is 0.850. The van der Waals surface area contributed by atoms with Crippen LogP contribution >= 0.6 is 0 Å². The van der Waals surface area contributed by atoms with E-state index in [1.165, 1.54) is 17.5 Å². The molecule has 1 N–H and O–H groups in total. The van der Waals surface area contributed by atoms with Crippen LogP contribution < -0.4 is 5.32 Å². The predicted molar refractivity (Wildman–Crippen MR) is 80.2 cm³/mol. The monoisotopic (exact) mass is 284 g/mol. The Hall–Kier alpha value is -2.01. The number of rotatable bonds is 5. The number of Topliss-reactive ketones (excluding diaryl/α,β-unsaturated/α-hetero) is 1. The Bertz CT molecular complexity index is 647. The predicted octanol–water partition coefficient (Wildman–Crippen LogP) is 1.76. The molecular weight excluding hydrogens is 264 g/mol. The van der Waals surface area contributed by atoms with Crippen LogP contribution in [0.4, 0.5) is 0 Å². The summed E-state index contributed by atoms with van der Waals surface area (Å²) in [5.41, 5.74) is 3.35. The lowest BCUT2D eigenvalue weighted by atomic mass is 9.96. The van der Waals surface area contributed by atoms with Gasteiger partial charge in [0.15, 0.2) is 5.78 Å². The Morgan fingerprint density at radius 1 is 1.38 bits per heavy atom. The number of aryl methyl sites for hydroxylation is 1. The molecule has 1 aliphatic rings. The zero-order valence-electron chi connectivity index (χ0n) is 12.3. The minimum absolute atomic E-state index is 0.105. The van der Waals surface area contributed by atoms with Gasteiger partial charge in [-0.1, -0.05) is 19.1 Å². The van der Waals surface area contributed by atoms with Gasteiger partial charge in [-0.15, -0.1) is 0 Å². The summed E-state index contributed by atoms with van der Waals surface area (Å²) in [6.07, 6.45) is 3.85. The van der Waals surface area contributed by atoms with Crippen molar-refractivity contribution in [2.75, 3.05) is 6.54 Å². The second kappa shape index (κ2) is 6.18. The van der Waals surface area contributed by atoms with Gasteiger partial charge in [0, 0.05) is 18.7 Å². The first-order chi connectivity index (χ1) is 10.3. The maximum atomic E-state index is 12.5. The number of carbonyl (C=O) groups excluding carboxylic acids is 1. The summed E-state index contributed by atoms with van der Waals surface area (Å²) in [6, 6.07) is 6.04. The van der Waals surface area contributed by atoms with Gasteiger partial charge in [0.1, 0.15) is 12.2 Å². The van der Waals surface area contributed by atoms with Crippen LogP contribution in [0.25, 0.3) is 0 Å². The highest BCUT2D eigenvalue weighted by Crippen LogP contribution is 2.17. The Kier molecular flexibility index (Phi) is 4.10. The summed E-state index contributed by atoms with van der Waals surface area (Å²) in [6.45, 7) is 4.75. The molecular formula is C16H20N4O. The van der Waals surface area contributed by atoms with Crippen LogP contribution in [0.5, 0.6) is 0 Å². The van der Waals surface area contributed by atoms with Gasteiger partial charge in [0.05, 0.1) is 6.42 Å². The smallest absolute Gasteiger partial charge is 0.170 e. The number of aromatic nitrogens is 3. The molecule has 2 aromatic rings. The molecule has 21 heavy (non-hydrogen) atoms. The molecule has 0 amide bonds. The van der Waals surface area contributed by atoms with Gasteiger partial charge in [0.25, 0.3) is 0 Å². The van der Waals surface area contributed by atoms with Crippen LogP contribution in [0.1, 0.15) is 40.7 Å². The molecule has 0 saturated carbocycles. The van der Waals surface area contributed by atoms with Gasteiger partial charge in [0.2, 0.25) is 0 Å². The number of nitrogens with one attached hydrogen (secondary N) is 1. The molecule has 5 heteroatoms. The second-order valence-corrected chi connectivity index (χ2v) is 5.41. The third-order valence-electron chi connectivity index (χ3n) is 3.86. The molecule has 1 aromatic carbocycles. The lowest BCUT2D eigenvalue weighted by molar-refractivity contribution is 0.0989. The second-order valence-electron chi connectivity index (χ2n) is 5.41. The fraction of sp³-hybridized carbons (Fsp3) is 0.438. The minimum Gasteiger partial charge on any atom is -0.312 e. The Morgan fingerprint density at radius 3 is 3.14 bits per heavy atom. The zero-order chi connectivity index (χ0) is 14.7. The largest absolute Gasteiger partial charge is 0.312 e. The molecule has 1 aromatic heterocycles. The van der Waals surface area contributed by atoms with E-state index in [4.69, 9.17) is 0 Å². The van der Waals surface area contributed by atoms with E-state index in [0.29, 0.717) is 6.42 Å². The molecule has 0 radical (unpaired) electrons. The molecule has 0 fully saturated rings. The molecule has 2 heterocycles. The maximum absolute atomic E-state index is 12.5. The highest BCUT2D eigenvalue weighted by molar-refractivity contribution is 5.97. The topological polar surface area (TPSA) is 59.8 Å². The highest BCUT2D eigenvalue weighted by Gasteiger charge is 2.15. The summed E-state index contributed by atoms with van der Waals surface area (Å²) in [5.74, 6) is 0.853. The lowest BCUT2D eigenvalue weighted by Crippen LogP contribution is -2.24. The summed E-state index contributed by atoms with van der Waals surface area (Å²) in [4.78, 5) is 16.7. The van der Waals surface area contributed by atoms with Crippen molar-refractivity contribution >= 4 is 5.78 Å². The van der Waals surface area contributed by atoms with Crippen molar-refractivity contribution in [3.8, 4) is 0 Å². The molecule has 0 saturated heterocycles. The van der Waals surface area contributed by atoms with Crippen molar-refractivity contribution in [3.05, 3.63) is 47.0 Å². The van der Waals surface area contributed by atoms with Crippen LogP contribution in [0.2, 0.25) is 0 Å². The average molecular weight is 284 g/mol. The third kappa shape index (κ3) is 3.03. The van der Waals surface area contributed by atoms with E-state index in [9.17, 15) is 4.79 Å². The number of ketones is 1. The molecule has 1 aliphatic heterocycles. The summed E-state index contributed by atoms with van der Waals surface area (Å²) in [7, 11) is 0. The first-order valence-corrected chi connectivity index (χ1v) is 7.50. The lowest BCUT2D eigenvalue weighted by Gasteiger charge is -2.17. The molecule has 0 unspecified atom stereocenters. The fourth-order valence-electron chi connectivity index (χ4n) is 2.72. The van der Waals surface area contributed by atoms with E-state index in [1.54, 1.807) is 0 Å². The fourth-order valence-corrected chi connectivity index (χ4v) is 2.72. The van der Waals surface area contributed by atoms with E-state index in [1.807, 2.05) is 16.8 Å². The molecule has 110 valence electrons. The molecule has 0 bridgehead atoms. The van der Waals surface area contributed by atoms with Crippen LogP contribution in [-0.2, 0) is 25.9 Å². The van der Waals surface area contributed by atoms with Crippen LogP contribution in [0, 0.1) is 0 Å². The number of benzene rings is 1. The average Bonchev–Trinajstić information content (AvgIpc) is 2.94. The number of nitrogens with zero attached hydrogens (tertiary/aromatic N) is 3. The van der Waals surface area contributed by atoms with Crippen molar-refractivity contribution in [2.24, 2.45) is 0 Å². The standard InChI is InChI=1S/C16H20N4O/c1-2-7-20-16(18-11-19-20)9-15(21)13-4-3-12-5-6-17-10-14(12)8-13/h3-4,8,11,17H,2,5-7,9-10H2,1H3. The van der Waals surface area contributed by atoms with Crippen molar-refractivity contribution < 1.29 is 4.79 Å². The van der Waals surface area contributed by atoms with Crippen molar-refractivity contribution in [1.29, 1.82) is 0 Å². The number of hydrogen-bond donors (Lipinski definition) is 1. The normalized spacial score (nSPS) is 14.0. The molecule has 0 aliphatic carbocycles. The molecule has 0 atom stereocenters. The maximum Gasteiger partial charge on any atom is 0.170 e. The van der Waals surface area contributed by atoms with Gasteiger partial charge >= 0.3 is 0 Å². The summed E-state index contributed by atoms with van der Waals surface area (Å²) in [5, 5.41) is 7.51. The first-order valence-electron chi connectivity index (χ1n) is 7.50. The van der Waals surface area contributed by atoms with Gasteiger partial charge in [-0.05, 0) is 36.6 Å². The third-order valence-corrected chi connectivity index (χ3v) is 3.86. The number of carbonyl (C=O) groups is 1. The van der Waals surface area contributed by atoms with Crippen LogP contribution in [0.15, 0.2) is 24.5 Å². The Balaban J connectivity index is 1.77. The van der Waals surface area contributed by atoms with E-state index in [-0.39, 0.29) is 5.78 Å². The minimum atomic E-state index is 0.105. The van der Waals surface area contributed by atoms with Crippen molar-refractivity contribution in [2.45, 2.75) is 39.3 Å². The van der Waals surface area contributed by atoms with Gasteiger partial charge in [-0.2, -0.15) is 5.10 Å². The van der Waals surface area contributed by atoms with Gasteiger partial charge in [-0.25, -0.2) is 9.67 Å². The van der Waals surface area contributed by atoms with Crippen molar-refractivity contribution in [1.82, 2.24) is 20.1 Å². The molecule has 5 nitrogen and oxygen atoms in total. The number of fused-ring (bicyclic) bond motifs is 1. The molecule has 3 rings (SSSR count). The Morgan fingerprint density at radius 2 is 2.29 bits per heavy atom. The van der Waals surface area contributed by atoms with E-state index < -0.39 is 0 Å². The zero-order valence-corrected chi connectivity index (χ0v) is 12.3. The van der Waals surface area contributed by atoms with Gasteiger partial charge in [-0.3, -0.25) is 4.79 Å². The van der Waals surface area contributed by atoms with Crippen molar-refractivity contribution in [3.63, 3.8) is 0 Å². The van der Waals surface area contributed by atoms with Gasteiger partial charge < -0.3 is 5.32 Å².